The van der Waals surface area contributed by atoms with Crippen LogP contribution in [0.5, 0.6) is 5.75 Å². The van der Waals surface area contributed by atoms with Crippen LogP contribution in [-0.2, 0) is 4.84 Å². The van der Waals surface area contributed by atoms with Gasteiger partial charge in [0, 0.05) is 5.56 Å². The molecular weight excluding hydrogens is 397 g/mol. The number of benzene rings is 1. The zero-order valence-electron chi connectivity index (χ0n) is 15.8. The molecule has 0 saturated carbocycles. The number of aryl methyl sites for hydroxylation is 2. The molecule has 8 nitrogen and oxygen atoms in total. The van der Waals surface area contributed by atoms with Gasteiger partial charge in [-0.15, -0.1) is 21.5 Å². The number of fused-ring (bicyclic) bond motifs is 1. The van der Waals surface area contributed by atoms with Crippen LogP contribution in [0.1, 0.15) is 33.8 Å². The summed E-state index contributed by atoms with van der Waals surface area (Å²) in [6.07, 6.45) is 2.70. The third-order valence-electron chi connectivity index (χ3n) is 4.09. The monoisotopic (exact) mass is 413 g/mol. The maximum Gasteiger partial charge on any atom is 0.263 e. The van der Waals surface area contributed by atoms with Crippen molar-refractivity contribution in [1.82, 2.24) is 20.2 Å². The molecule has 0 radical (unpaired) electrons. The molecule has 3 aromatic heterocycles. The van der Waals surface area contributed by atoms with Crippen LogP contribution in [0.25, 0.3) is 10.2 Å². The van der Waals surface area contributed by atoms with Crippen molar-refractivity contribution in [3.8, 4) is 5.75 Å². The molecule has 0 spiro atoms. The van der Waals surface area contributed by atoms with Crippen molar-refractivity contribution >= 4 is 27.8 Å². The number of hydrogen-bond donors (Lipinski definition) is 0. The van der Waals surface area contributed by atoms with Crippen LogP contribution in [0.15, 0.2) is 40.4 Å². The van der Waals surface area contributed by atoms with Crippen molar-refractivity contribution in [2.24, 2.45) is 5.16 Å². The number of oxime groups is 1. The number of ether oxygens (including phenoxy) is 1. The first-order valence-corrected chi connectivity index (χ1v) is 9.39. The van der Waals surface area contributed by atoms with Gasteiger partial charge in [0.05, 0.1) is 33.3 Å². The highest BCUT2D eigenvalue weighted by molar-refractivity contribution is 7.18. The third kappa shape index (κ3) is 3.92. The van der Waals surface area contributed by atoms with Gasteiger partial charge < -0.3 is 14.0 Å². The second-order valence-electron chi connectivity index (χ2n) is 6.14. The van der Waals surface area contributed by atoms with Gasteiger partial charge in [0.2, 0.25) is 12.5 Å². The van der Waals surface area contributed by atoms with Crippen LogP contribution in [0, 0.1) is 19.7 Å². The minimum absolute atomic E-state index is 0.190. The van der Waals surface area contributed by atoms with Gasteiger partial charge in [-0.25, -0.2) is 9.37 Å². The molecular formula is C19H16FN5O3S. The molecule has 4 aromatic rings. The Bertz CT molecular complexity index is 1180. The van der Waals surface area contributed by atoms with E-state index in [1.54, 1.807) is 11.3 Å². The molecule has 4 rings (SSSR count). The van der Waals surface area contributed by atoms with E-state index < -0.39 is 11.9 Å². The summed E-state index contributed by atoms with van der Waals surface area (Å²) in [6, 6.07) is 5.27. The molecule has 3 heterocycles. The van der Waals surface area contributed by atoms with E-state index in [1.807, 2.05) is 26.0 Å². The fourth-order valence-electron chi connectivity index (χ4n) is 2.84. The second-order valence-corrected chi connectivity index (χ2v) is 7.38. The fourth-order valence-corrected chi connectivity index (χ4v) is 3.77. The maximum atomic E-state index is 14.0. The van der Waals surface area contributed by atoms with Crippen molar-refractivity contribution in [3.05, 3.63) is 64.3 Å². The van der Waals surface area contributed by atoms with E-state index in [2.05, 4.69) is 30.2 Å². The number of halogens is 1. The van der Waals surface area contributed by atoms with E-state index in [0.29, 0.717) is 11.4 Å². The minimum Gasteiger partial charge on any atom is -0.474 e. The third-order valence-corrected chi connectivity index (χ3v) is 5.01. The summed E-state index contributed by atoms with van der Waals surface area (Å²) < 4.78 is 26.6. The summed E-state index contributed by atoms with van der Waals surface area (Å²) in [5.41, 5.74) is 2.49. The number of nitrogens with zero attached hydrogens (tertiary/aromatic N) is 5. The molecule has 1 atom stereocenters. The van der Waals surface area contributed by atoms with E-state index in [1.165, 1.54) is 25.8 Å². The molecule has 148 valence electrons. The lowest BCUT2D eigenvalue weighted by atomic mass is 10.1. The van der Waals surface area contributed by atoms with E-state index >= 15 is 0 Å². The molecule has 1 unspecified atom stereocenters. The Morgan fingerprint density at radius 1 is 1.28 bits per heavy atom. The Labute approximate surface area is 169 Å². The molecule has 0 fully saturated rings. The molecule has 0 aliphatic carbocycles. The van der Waals surface area contributed by atoms with Gasteiger partial charge in [0.25, 0.3) is 5.89 Å². The lowest BCUT2D eigenvalue weighted by Crippen LogP contribution is -2.13. The standard InChI is InChI=1S/C19H16FN5O3S/c1-10-4-13(6-16-17(10)24-11(2)29-16)28-18(19-25-22-9-27-19)15-5-12(7-23-26-3)14(20)8-21-15/h4-9,18H,1-3H3/b23-7+. The first-order valence-electron chi connectivity index (χ1n) is 8.57. The van der Waals surface area contributed by atoms with Gasteiger partial charge in [0.1, 0.15) is 18.7 Å². The molecule has 0 aliphatic heterocycles. The zero-order valence-corrected chi connectivity index (χ0v) is 16.6. The van der Waals surface area contributed by atoms with Crippen molar-refractivity contribution < 1.29 is 18.4 Å². The highest BCUT2D eigenvalue weighted by atomic mass is 32.1. The van der Waals surface area contributed by atoms with Gasteiger partial charge in [0.15, 0.2) is 0 Å². The van der Waals surface area contributed by atoms with Crippen LogP contribution in [-0.4, -0.2) is 33.5 Å². The predicted octanol–water partition coefficient (Wildman–Crippen LogP) is 3.98. The van der Waals surface area contributed by atoms with E-state index in [0.717, 1.165) is 27.0 Å². The van der Waals surface area contributed by atoms with Crippen LogP contribution in [0.2, 0.25) is 0 Å². The fraction of sp³-hybridized carbons (Fsp3) is 0.211. The van der Waals surface area contributed by atoms with E-state index in [9.17, 15) is 4.39 Å². The Hall–Kier alpha value is -3.40. The van der Waals surface area contributed by atoms with Gasteiger partial charge in [-0.05, 0) is 37.6 Å². The summed E-state index contributed by atoms with van der Waals surface area (Å²) in [4.78, 5) is 13.3. The number of pyridine rings is 1. The van der Waals surface area contributed by atoms with Gasteiger partial charge in [-0.1, -0.05) is 5.16 Å². The molecule has 0 amide bonds. The average Bonchev–Trinajstić information content (AvgIpc) is 3.35. The molecule has 1 aromatic carbocycles. The molecule has 10 heteroatoms. The minimum atomic E-state index is -0.835. The predicted molar refractivity (Wildman–Crippen MR) is 105 cm³/mol. The van der Waals surface area contributed by atoms with E-state index in [-0.39, 0.29) is 11.5 Å². The summed E-state index contributed by atoms with van der Waals surface area (Å²) in [7, 11) is 1.38. The molecule has 0 saturated heterocycles. The molecule has 0 aliphatic rings. The van der Waals surface area contributed by atoms with Crippen LogP contribution < -0.4 is 4.74 Å². The first-order chi connectivity index (χ1) is 14.0. The highest BCUT2D eigenvalue weighted by Crippen LogP contribution is 2.33. The largest absolute Gasteiger partial charge is 0.474 e. The first kappa shape index (κ1) is 18.9. The smallest absolute Gasteiger partial charge is 0.263 e. The molecule has 0 N–H and O–H groups in total. The Morgan fingerprint density at radius 3 is 2.90 bits per heavy atom. The highest BCUT2D eigenvalue weighted by Gasteiger charge is 2.25. The van der Waals surface area contributed by atoms with Crippen molar-refractivity contribution in [1.29, 1.82) is 0 Å². The van der Waals surface area contributed by atoms with Crippen molar-refractivity contribution in [2.75, 3.05) is 7.11 Å². The van der Waals surface area contributed by atoms with Crippen LogP contribution in [0.4, 0.5) is 4.39 Å². The number of rotatable bonds is 6. The Balaban J connectivity index is 1.75. The van der Waals surface area contributed by atoms with E-state index in [4.69, 9.17) is 9.15 Å². The van der Waals surface area contributed by atoms with Crippen LogP contribution >= 0.6 is 11.3 Å². The van der Waals surface area contributed by atoms with Crippen LogP contribution in [0.3, 0.4) is 0 Å². The quantitative estimate of drug-likeness (QED) is 0.348. The lowest BCUT2D eigenvalue weighted by Gasteiger charge is -2.16. The maximum absolute atomic E-state index is 14.0. The summed E-state index contributed by atoms with van der Waals surface area (Å²) in [5.74, 6) is 0.230. The normalized spacial score (nSPS) is 12.6. The topological polar surface area (TPSA) is 95.5 Å². The van der Waals surface area contributed by atoms with Crippen molar-refractivity contribution in [2.45, 2.75) is 20.0 Å². The van der Waals surface area contributed by atoms with Gasteiger partial charge in [-0.2, -0.15) is 0 Å². The van der Waals surface area contributed by atoms with Crippen molar-refractivity contribution in [3.63, 3.8) is 0 Å². The molecule has 0 bridgehead atoms. The Morgan fingerprint density at radius 2 is 2.14 bits per heavy atom. The summed E-state index contributed by atoms with van der Waals surface area (Å²) in [6.45, 7) is 3.92. The SMILES string of the molecule is CO/N=C/c1cc(C(Oc2cc(C)c3nc(C)sc3c2)c2nnco2)ncc1F. The number of thiazole rings is 1. The molecule has 29 heavy (non-hydrogen) atoms. The Kier molecular flexibility index (Phi) is 5.17. The average molecular weight is 413 g/mol. The number of hydrogen-bond acceptors (Lipinski definition) is 9. The lowest BCUT2D eigenvalue weighted by molar-refractivity contribution is 0.203. The summed E-state index contributed by atoms with van der Waals surface area (Å²) >= 11 is 1.58. The zero-order chi connectivity index (χ0) is 20.4. The van der Waals surface area contributed by atoms with Gasteiger partial charge in [-0.3, -0.25) is 4.98 Å². The summed E-state index contributed by atoms with van der Waals surface area (Å²) in [5, 5.41) is 12.2. The number of aromatic nitrogens is 4. The van der Waals surface area contributed by atoms with Gasteiger partial charge >= 0.3 is 0 Å². The second kappa shape index (κ2) is 7.92.